The van der Waals surface area contributed by atoms with E-state index >= 15 is 0 Å². The smallest absolute Gasteiger partial charge is 0.328 e. The SMILES string of the molecule is CCCCn1c2ccccc2c2cc(C(=O)N[C@H](C(=O)OC)C(C)C)ncc21. The number of hydrogen-bond donors (Lipinski definition) is 1. The van der Waals surface area contributed by atoms with Gasteiger partial charge in [0, 0.05) is 22.8 Å². The lowest BCUT2D eigenvalue weighted by Gasteiger charge is -2.19. The Morgan fingerprint density at radius 1 is 1.18 bits per heavy atom. The third-order valence-corrected chi connectivity index (χ3v) is 5.04. The van der Waals surface area contributed by atoms with Crippen LogP contribution in [0.25, 0.3) is 21.8 Å². The van der Waals surface area contributed by atoms with Gasteiger partial charge >= 0.3 is 5.97 Å². The van der Waals surface area contributed by atoms with Gasteiger partial charge in [0.15, 0.2) is 0 Å². The number of nitrogens with zero attached hydrogens (tertiary/aromatic N) is 2. The number of pyridine rings is 1. The first-order chi connectivity index (χ1) is 13.5. The summed E-state index contributed by atoms with van der Waals surface area (Å²) in [5, 5.41) is 4.84. The summed E-state index contributed by atoms with van der Waals surface area (Å²) in [6.07, 6.45) is 3.93. The Morgan fingerprint density at radius 3 is 2.61 bits per heavy atom. The summed E-state index contributed by atoms with van der Waals surface area (Å²) in [6, 6.07) is 9.28. The molecule has 2 heterocycles. The minimum atomic E-state index is -0.708. The molecule has 1 N–H and O–H groups in total. The lowest BCUT2D eigenvalue weighted by atomic mass is 10.0. The fourth-order valence-electron chi connectivity index (χ4n) is 3.47. The summed E-state index contributed by atoms with van der Waals surface area (Å²) in [6.45, 7) is 6.80. The van der Waals surface area contributed by atoms with E-state index in [0.717, 1.165) is 41.2 Å². The van der Waals surface area contributed by atoms with E-state index in [0.29, 0.717) is 5.69 Å². The van der Waals surface area contributed by atoms with Crippen LogP contribution in [0.3, 0.4) is 0 Å². The highest BCUT2D eigenvalue weighted by atomic mass is 16.5. The minimum absolute atomic E-state index is 0.0870. The first-order valence-corrected chi connectivity index (χ1v) is 9.73. The number of carbonyl (C=O) groups is 2. The van der Waals surface area contributed by atoms with Gasteiger partial charge in [-0.25, -0.2) is 9.78 Å². The number of para-hydroxylation sites is 1. The molecule has 28 heavy (non-hydrogen) atoms. The van der Waals surface area contributed by atoms with E-state index in [9.17, 15) is 9.59 Å². The minimum Gasteiger partial charge on any atom is -0.467 e. The largest absolute Gasteiger partial charge is 0.467 e. The number of unbranched alkanes of at least 4 members (excludes halogenated alkanes) is 1. The maximum absolute atomic E-state index is 12.8. The van der Waals surface area contributed by atoms with Crippen molar-refractivity contribution >= 4 is 33.7 Å². The van der Waals surface area contributed by atoms with Crippen LogP contribution in [0, 0.1) is 5.92 Å². The predicted molar refractivity (Wildman–Crippen MR) is 110 cm³/mol. The number of esters is 1. The van der Waals surface area contributed by atoms with E-state index in [4.69, 9.17) is 4.74 Å². The van der Waals surface area contributed by atoms with Crippen molar-refractivity contribution in [3.8, 4) is 0 Å². The van der Waals surface area contributed by atoms with E-state index in [1.165, 1.54) is 7.11 Å². The molecule has 3 aromatic rings. The van der Waals surface area contributed by atoms with Crippen molar-refractivity contribution in [2.24, 2.45) is 5.92 Å². The summed E-state index contributed by atoms with van der Waals surface area (Å²) in [5.74, 6) is -0.923. The quantitative estimate of drug-likeness (QED) is 0.630. The van der Waals surface area contributed by atoms with Crippen molar-refractivity contribution in [1.82, 2.24) is 14.9 Å². The summed E-state index contributed by atoms with van der Waals surface area (Å²) < 4.78 is 7.06. The van der Waals surface area contributed by atoms with Gasteiger partial charge in [-0.3, -0.25) is 4.79 Å². The van der Waals surface area contributed by atoms with E-state index < -0.39 is 12.0 Å². The Bertz CT molecular complexity index is 1010. The maximum atomic E-state index is 12.8. The van der Waals surface area contributed by atoms with Crippen molar-refractivity contribution in [1.29, 1.82) is 0 Å². The Morgan fingerprint density at radius 2 is 1.93 bits per heavy atom. The first kappa shape index (κ1) is 19.9. The van der Waals surface area contributed by atoms with Gasteiger partial charge in [0.1, 0.15) is 11.7 Å². The van der Waals surface area contributed by atoms with Crippen molar-refractivity contribution < 1.29 is 14.3 Å². The number of aromatic nitrogens is 2. The predicted octanol–water partition coefficient (Wildman–Crippen LogP) is 3.92. The number of ether oxygens (including phenoxy) is 1. The molecule has 0 saturated carbocycles. The number of nitrogens with one attached hydrogen (secondary N) is 1. The molecule has 0 fully saturated rings. The third kappa shape index (κ3) is 3.72. The van der Waals surface area contributed by atoms with E-state index in [1.54, 1.807) is 6.20 Å². The number of methoxy groups -OCH3 is 1. The van der Waals surface area contributed by atoms with Crippen LogP contribution >= 0.6 is 0 Å². The van der Waals surface area contributed by atoms with Crippen molar-refractivity contribution in [3.05, 3.63) is 42.2 Å². The number of benzene rings is 1. The Hall–Kier alpha value is -2.89. The van der Waals surface area contributed by atoms with E-state index in [2.05, 4.69) is 33.9 Å². The van der Waals surface area contributed by atoms with Crippen LogP contribution in [0.4, 0.5) is 0 Å². The van der Waals surface area contributed by atoms with Crippen LogP contribution in [0.5, 0.6) is 0 Å². The van der Waals surface area contributed by atoms with Gasteiger partial charge in [0.25, 0.3) is 5.91 Å². The van der Waals surface area contributed by atoms with Gasteiger partial charge in [-0.15, -0.1) is 0 Å². The Labute approximate surface area is 164 Å². The lowest BCUT2D eigenvalue weighted by Crippen LogP contribution is -2.45. The van der Waals surface area contributed by atoms with Gasteiger partial charge in [-0.1, -0.05) is 45.4 Å². The Kier molecular flexibility index (Phi) is 5.97. The molecule has 6 heteroatoms. The molecule has 0 saturated heterocycles. The van der Waals surface area contributed by atoms with Crippen LogP contribution in [0.15, 0.2) is 36.5 Å². The molecule has 0 radical (unpaired) electrons. The fraction of sp³-hybridized carbons (Fsp3) is 0.409. The van der Waals surface area contributed by atoms with E-state index in [1.807, 2.05) is 32.0 Å². The van der Waals surface area contributed by atoms with Gasteiger partial charge < -0.3 is 14.6 Å². The highest BCUT2D eigenvalue weighted by molar-refractivity contribution is 6.10. The zero-order chi connectivity index (χ0) is 20.3. The van der Waals surface area contributed by atoms with E-state index in [-0.39, 0.29) is 11.8 Å². The molecule has 2 aromatic heterocycles. The standard InChI is InChI=1S/C22H27N3O3/c1-5-6-11-25-18-10-8-7-9-15(18)16-12-17(23-13-19(16)25)21(26)24-20(14(2)3)22(27)28-4/h7-10,12-14,20H,5-6,11H2,1-4H3,(H,24,26)/t20-/m0/s1. The lowest BCUT2D eigenvalue weighted by molar-refractivity contribution is -0.144. The maximum Gasteiger partial charge on any atom is 0.328 e. The zero-order valence-electron chi connectivity index (χ0n) is 16.9. The molecule has 6 nitrogen and oxygen atoms in total. The molecule has 0 spiro atoms. The van der Waals surface area contributed by atoms with Gasteiger partial charge in [0.2, 0.25) is 0 Å². The number of rotatable bonds is 7. The van der Waals surface area contributed by atoms with Crippen molar-refractivity contribution in [2.45, 2.75) is 46.2 Å². The average molecular weight is 381 g/mol. The van der Waals surface area contributed by atoms with Crippen LogP contribution in [0.2, 0.25) is 0 Å². The second-order valence-electron chi connectivity index (χ2n) is 7.33. The van der Waals surface area contributed by atoms with Crippen LogP contribution in [0.1, 0.15) is 44.1 Å². The summed E-state index contributed by atoms with van der Waals surface area (Å²) in [4.78, 5) is 29.1. The molecule has 0 aliphatic heterocycles. The molecule has 1 amide bonds. The average Bonchev–Trinajstić information content (AvgIpc) is 3.02. The summed E-state index contributed by atoms with van der Waals surface area (Å²) in [7, 11) is 1.32. The van der Waals surface area contributed by atoms with Crippen molar-refractivity contribution in [3.63, 3.8) is 0 Å². The molecular weight excluding hydrogens is 354 g/mol. The number of amides is 1. The summed E-state index contributed by atoms with van der Waals surface area (Å²) in [5.41, 5.74) is 2.44. The highest BCUT2D eigenvalue weighted by Crippen LogP contribution is 2.29. The van der Waals surface area contributed by atoms with Crippen LogP contribution < -0.4 is 5.32 Å². The molecule has 0 aliphatic carbocycles. The first-order valence-electron chi connectivity index (χ1n) is 9.73. The zero-order valence-corrected chi connectivity index (χ0v) is 16.9. The summed E-state index contributed by atoms with van der Waals surface area (Å²) >= 11 is 0. The number of aryl methyl sites for hydroxylation is 1. The van der Waals surface area contributed by atoms with Gasteiger partial charge in [-0.05, 0) is 24.5 Å². The number of hydrogen-bond acceptors (Lipinski definition) is 4. The van der Waals surface area contributed by atoms with Crippen molar-refractivity contribution in [2.75, 3.05) is 7.11 Å². The molecule has 0 aliphatic rings. The second-order valence-corrected chi connectivity index (χ2v) is 7.33. The monoisotopic (exact) mass is 381 g/mol. The fourth-order valence-corrected chi connectivity index (χ4v) is 3.47. The van der Waals surface area contributed by atoms with Crippen LogP contribution in [-0.2, 0) is 16.1 Å². The normalized spacial score (nSPS) is 12.5. The molecule has 1 aromatic carbocycles. The topological polar surface area (TPSA) is 73.2 Å². The molecule has 0 bridgehead atoms. The third-order valence-electron chi connectivity index (χ3n) is 5.04. The molecule has 0 unspecified atom stereocenters. The second kappa shape index (κ2) is 8.42. The number of carbonyl (C=O) groups excluding carboxylic acids is 2. The highest BCUT2D eigenvalue weighted by Gasteiger charge is 2.26. The van der Waals surface area contributed by atoms with Crippen LogP contribution in [-0.4, -0.2) is 34.6 Å². The number of fused-ring (bicyclic) bond motifs is 3. The molecule has 1 atom stereocenters. The molecule has 148 valence electrons. The molecular formula is C22H27N3O3. The molecule has 3 rings (SSSR count). The van der Waals surface area contributed by atoms with Gasteiger partial charge in [-0.2, -0.15) is 0 Å². The van der Waals surface area contributed by atoms with Gasteiger partial charge in [0.05, 0.1) is 18.8 Å². The Balaban J connectivity index is 2.01.